The van der Waals surface area contributed by atoms with Gasteiger partial charge in [0.25, 0.3) is 0 Å². The molecule has 0 aliphatic heterocycles. The Hall–Kier alpha value is -0.290. The number of rotatable bonds is 4. The first kappa shape index (κ1) is 16.1. The van der Waals surface area contributed by atoms with Gasteiger partial charge in [0, 0.05) is 17.7 Å². The lowest BCUT2D eigenvalue weighted by Gasteiger charge is -2.19. The molecule has 3 nitrogen and oxygen atoms in total. The van der Waals surface area contributed by atoms with Crippen molar-refractivity contribution >= 4 is 33.5 Å². The van der Waals surface area contributed by atoms with E-state index in [0.717, 1.165) is 21.9 Å². The van der Waals surface area contributed by atoms with Crippen molar-refractivity contribution in [3.63, 3.8) is 0 Å². The molecule has 1 aliphatic rings. The van der Waals surface area contributed by atoms with Gasteiger partial charge >= 0.3 is 0 Å². The van der Waals surface area contributed by atoms with E-state index in [2.05, 4.69) is 47.0 Å². The van der Waals surface area contributed by atoms with Gasteiger partial charge in [-0.15, -0.1) is 11.8 Å². The summed E-state index contributed by atoms with van der Waals surface area (Å²) in [6.07, 6.45) is 5.15. The number of thioether (sulfide) groups is 1. The molecule has 1 aromatic heterocycles. The Morgan fingerprint density at radius 2 is 1.90 bits per heavy atom. The molecule has 2 rings (SSSR count). The molecule has 0 unspecified atom stereocenters. The quantitative estimate of drug-likeness (QED) is 0.825. The maximum absolute atomic E-state index is 4.85. The lowest BCUT2D eigenvalue weighted by Crippen LogP contribution is -2.11. The van der Waals surface area contributed by atoms with E-state index in [1.54, 1.807) is 0 Å². The van der Waals surface area contributed by atoms with E-state index in [-0.39, 0.29) is 4.75 Å². The first-order valence-corrected chi connectivity index (χ1v) is 9.06. The molecule has 1 heterocycles. The highest BCUT2D eigenvalue weighted by molar-refractivity contribution is 9.10. The Bertz CT molecular complexity index is 465. The number of hydrogen-bond acceptors (Lipinski definition) is 4. The fourth-order valence-electron chi connectivity index (χ4n) is 2.49. The van der Waals surface area contributed by atoms with E-state index in [4.69, 9.17) is 4.98 Å². The average Bonchev–Trinajstić information content (AvgIpc) is 2.90. The van der Waals surface area contributed by atoms with Gasteiger partial charge in [-0.3, -0.25) is 0 Å². The number of aromatic nitrogens is 2. The Labute approximate surface area is 134 Å². The summed E-state index contributed by atoms with van der Waals surface area (Å²) in [5, 5.41) is 3.19. The van der Waals surface area contributed by atoms with Gasteiger partial charge in [0.15, 0.2) is 0 Å². The van der Waals surface area contributed by atoms with E-state index < -0.39 is 0 Å². The second-order valence-electron chi connectivity index (χ2n) is 6.32. The molecule has 20 heavy (non-hydrogen) atoms. The van der Waals surface area contributed by atoms with Crippen molar-refractivity contribution in [3.8, 4) is 0 Å². The van der Waals surface area contributed by atoms with Crippen molar-refractivity contribution in [2.24, 2.45) is 0 Å². The van der Waals surface area contributed by atoms with Crippen LogP contribution in [0.15, 0.2) is 4.47 Å². The van der Waals surface area contributed by atoms with Crippen LogP contribution in [0, 0.1) is 0 Å². The van der Waals surface area contributed by atoms with E-state index in [1.807, 2.05) is 18.8 Å². The fraction of sp³-hybridized carbons (Fsp3) is 0.733. The minimum Gasteiger partial charge on any atom is -0.372 e. The van der Waals surface area contributed by atoms with Crippen LogP contribution in [0.2, 0.25) is 0 Å². The van der Waals surface area contributed by atoms with E-state index in [1.165, 1.54) is 31.4 Å². The van der Waals surface area contributed by atoms with Gasteiger partial charge in [0.1, 0.15) is 11.6 Å². The van der Waals surface area contributed by atoms with Crippen LogP contribution >= 0.6 is 27.7 Å². The minimum atomic E-state index is 0.240. The Kier molecular flexibility index (Phi) is 5.35. The largest absolute Gasteiger partial charge is 0.372 e. The van der Waals surface area contributed by atoms with Crippen molar-refractivity contribution in [2.75, 3.05) is 12.4 Å². The topological polar surface area (TPSA) is 37.8 Å². The third-order valence-corrected chi connectivity index (χ3v) is 5.59. The number of nitrogens with zero attached hydrogens (tertiary/aromatic N) is 2. The monoisotopic (exact) mass is 357 g/mol. The Balaban J connectivity index is 2.26. The summed E-state index contributed by atoms with van der Waals surface area (Å²) in [5.41, 5.74) is 1.20. The van der Waals surface area contributed by atoms with Crippen molar-refractivity contribution in [3.05, 3.63) is 16.0 Å². The molecule has 5 heteroatoms. The van der Waals surface area contributed by atoms with Crippen molar-refractivity contribution in [2.45, 2.75) is 62.9 Å². The van der Waals surface area contributed by atoms with Gasteiger partial charge in [-0.05, 0) is 28.8 Å². The molecule has 0 atom stereocenters. The second kappa shape index (κ2) is 6.65. The molecule has 0 radical (unpaired) electrons. The summed E-state index contributed by atoms with van der Waals surface area (Å²) in [7, 11) is 1.92. The molecule has 1 fully saturated rings. The molecule has 0 saturated heterocycles. The Morgan fingerprint density at radius 3 is 2.45 bits per heavy atom. The van der Waals surface area contributed by atoms with Crippen molar-refractivity contribution in [1.29, 1.82) is 0 Å². The van der Waals surface area contributed by atoms with Gasteiger partial charge in [0.2, 0.25) is 0 Å². The van der Waals surface area contributed by atoms with Crippen LogP contribution in [0.5, 0.6) is 0 Å². The minimum absolute atomic E-state index is 0.240. The summed E-state index contributed by atoms with van der Waals surface area (Å²) in [6.45, 7) is 6.69. The zero-order chi connectivity index (χ0) is 14.8. The third-order valence-electron chi connectivity index (χ3n) is 3.54. The summed E-state index contributed by atoms with van der Waals surface area (Å²) in [5.74, 6) is 3.33. The van der Waals surface area contributed by atoms with Crippen LogP contribution in [-0.2, 0) is 5.75 Å². The zero-order valence-electron chi connectivity index (χ0n) is 12.8. The summed E-state index contributed by atoms with van der Waals surface area (Å²) < 4.78 is 1.29. The van der Waals surface area contributed by atoms with Gasteiger partial charge in [0.05, 0.1) is 15.9 Å². The Morgan fingerprint density at radius 1 is 1.25 bits per heavy atom. The van der Waals surface area contributed by atoms with E-state index in [0.29, 0.717) is 5.92 Å². The molecule has 1 aliphatic carbocycles. The molecule has 1 saturated carbocycles. The maximum atomic E-state index is 4.85. The van der Waals surface area contributed by atoms with Gasteiger partial charge in [-0.1, -0.05) is 33.6 Å². The highest BCUT2D eigenvalue weighted by Gasteiger charge is 2.24. The maximum Gasteiger partial charge on any atom is 0.144 e. The summed E-state index contributed by atoms with van der Waals surface area (Å²) >= 11 is 5.58. The predicted molar refractivity (Wildman–Crippen MR) is 91.5 cm³/mol. The molecule has 1 aromatic rings. The molecule has 0 amide bonds. The van der Waals surface area contributed by atoms with Crippen LogP contribution in [0.3, 0.4) is 0 Å². The lowest BCUT2D eigenvalue weighted by atomic mass is 10.0. The molecule has 0 aromatic carbocycles. The zero-order valence-corrected chi connectivity index (χ0v) is 15.2. The van der Waals surface area contributed by atoms with Crippen LogP contribution in [0.4, 0.5) is 5.82 Å². The second-order valence-corrected chi connectivity index (χ2v) is 8.92. The predicted octanol–water partition coefficient (Wildman–Crippen LogP) is 4.97. The standard InChI is InChI=1S/C15H24BrN3S/c1-15(2,3)20-9-11-18-13(10-7-5-6-8-10)12(16)14(17-4)19-11/h10H,5-9H2,1-4H3,(H,17,18,19). The van der Waals surface area contributed by atoms with Crippen LogP contribution in [0.1, 0.15) is 63.9 Å². The molecule has 1 N–H and O–H groups in total. The highest BCUT2D eigenvalue weighted by Crippen LogP contribution is 2.39. The normalized spacial score (nSPS) is 16.6. The average molecular weight is 358 g/mol. The molecule has 0 bridgehead atoms. The first-order valence-electron chi connectivity index (χ1n) is 7.28. The molecule has 112 valence electrons. The van der Waals surface area contributed by atoms with Gasteiger partial charge in [-0.25, -0.2) is 9.97 Å². The smallest absolute Gasteiger partial charge is 0.144 e. The van der Waals surface area contributed by atoms with Crippen LogP contribution in [0.25, 0.3) is 0 Å². The van der Waals surface area contributed by atoms with Gasteiger partial charge < -0.3 is 5.32 Å². The summed E-state index contributed by atoms with van der Waals surface area (Å²) in [4.78, 5) is 9.48. The fourth-order valence-corrected chi connectivity index (χ4v) is 3.88. The SMILES string of the molecule is CNc1nc(CSC(C)(C)C)nc(C2CCCC2)c1Br. The number of halogens is 1. The van der Waals surface area contributed by atoms with E-state index >= 15 is 0 Å². The number of hydrogen-bond donors (Lipinski definition) is 1. The van der Waals surface area contributed by atoms with Crippen LogP contribution in [-0.4, -0.2) is 21.8 Å². The lowest BCUT2D eigenvalue weighted by molar-refractivity contribution is 0.684. The van der Waals surface area contributed by atoms with E-state index in [9.17, 15) is 0 Å². The summed E-state index contributed by atoms with van der Waals surface area (Å²) in [6, 6.07) is 0. The van der Waals surface area contributed by atoms with Crippen molar-refractivity contribution < 1.29 is 0 Å². The first-order chi connectivity index (χ1) is 9.40. The number of nitrogens with one attached hydrogen (secondary N) is 1. The highest BCUT2D eigenvalue weighted by atomic mass is 79.9. The van der Waals surface area contributed by atoms with Gasteiger partial charge in [-0.2, -0.15) is 0 Å². The number of anilines is 1. The third kappa shape index (κ3) is 4.10. The molecular weight excluding hydrogens is 334 g/mol. The molecular formula is C15H24BrN3S. The molecule has 0 spiro atoms. The van der Waals surface area contributed by atoms with Crippen molar-refractivity contribution in [1.82, 2.24) is 9.97 Å². The van der Waals surface area contributed by atoms with Crippen LogP contribution < -0.4 is 5.32 Å².